The van der Waals surface area contributed by atoms with Gasteiger partial charge in [0.2, 0.25) is 0 Å². The molecule has 0 spiro atoms. The van der Waals surface area contributed by atoms with Gasteiger partial charge in [-0.15, -0.1) is 0 Å². The normalized spacial score (nSPS) is 26.5. The molecule has 0 radical (unpaired) electrons. The minimum absolute atomic E-state index is 0.751. The van der Waals surface area contributed by atoms with Crippen LogP contribution < -0.4 is 5.32 Å². The third-order valence-corrected chi connectivity index (χ3v) is 2.99. The molecule has 0 bridgehead atoms. The van der Waals surface area contributed by atoms with Crippen molar-refractivity contribution in [2.24, 2.45) is 0 Å². The van der Waals surface area contributed by atoms with Crippen molar-refractivity contribution < 1.29 is 0 Å². The number of likely N-dealkylation sites (tertiary alicyclic amines) is 1. The lowest BCUT2D eigenvalue weighted by molar-refractivity contribution is 0.367. The average Bonchev–Trinajstić information content (AvgIpc) is 2.50. The molecule has 2 unspecified atom stereocenters. The SMILES string of the molecule is CCCC(CC)NC1CCN(C)C1. The molecule has 0 aliphatic carbocycles. The second-order valence-corrected chi connectivity index (χ2v) is 4.31. The van der Waals surface area contributed by atoms with Crippen molar-refractivity contribution in [1.29, 1.82) is 0 Å². The minimum atomic E-state index is 0.751. The molecule has 1 aliphatic heterocycles. The van der Waals surface area contributed by atoms with Gasteiger partial charge >= 0.3 is 0 Å². The smallest absolute Gasteiger partial charge is 0.0209 e. The van der Waals surface area contributed by atoms with Crippen molar-refractivity contribution in [3.05, 3.63) is 0 Å². The van der Waals surface area contributed by atoms with E-state index < -0.39 is 0 Å². The molecular formula is C11H24N2. The highest BCUT2D eigenvalue weighted by Crippen LogP contribution is 2.10. The van der Waals surface area contributed by atoms with Crippen LogP contribution in [0.3, 0.4) is 0 Å². The Bertz CT molecular complexity index is 134. The summed E-state index contributed by atoms with van der Waals surface area (Å²) in [6, 6.07) is 1.50. The maximum atomic E-state index is 3.76. The molecule has 1 N–H and O–H groups in total. The lowest BCUT2D eigenvalue weighted by atomic mass is 10.1. The maximum absolute atomic E-state index is 3.76. The Morgan fingerprint density at radius 3 is 2.69 bits per heavy atom. The van der Waals surface area contributed by atoms with Crippen molar-refractivity contribution >= 4 is 0 Å². The van der Waals surface area contributed by atoms with E-state index in [0.717, 1.165) is 12.1 Å². The molecule has 0 aromatic rings. The standard InChI is InChI=1S/C11H24N2/c1-4-6-10(5-2)12-11-7-8-13(3)9-11/h10-12H,4-9H2,1-3H3. The average molecular weight is 184 g/mol. The first-order valence-electron chi connectivity index (χ1n) is 5.70. The first kappa shape index (κ1) is 11.0. The van der Waals surface area contributed by atoms with E-state index in [4.69, 9.17) is 0 Å². The van der Waals surface area contributed by atoms with E-state index in [0.29, 0.717) is 0 Å². The molecule has 13 heavy (non-hydrogen) atoms. The topological polar surface area (TPSA) is 15.3 Å². The molecule has 1 heterocycles. The molecule has 78 valence electrons. The Hall–Kier alpha value is -0.0800. The van der Waals surface area contributed by atoms with Crippen LogP contribution >= 0.6 is 0 Å². The van der Waals surface area contributed by atoms with E-state index in [-0.39, 0.29) is 0 Å². The number of nitrogens with one attached hydrogen (secondary N) is 1. The molecule has 1 rings (SSSR count). The van der Waals surface area contributed by atoms with Crippen molar-refractivity contribution in [3.63, 3.8) is 0 Å². The molecule has 0 saturated carbocycles. The van der Waals surface area contributed by atoms with Crippen molar-refractivity contribution in [2.75, 3.05) is 20.1 Å². The van der Waals surface area contributed by atoms with Gasteiger partial charge < -0.3 is 10.2 Å². The van der Waals surface area contributed by atoms with Gasteiger partial charge in [-0.05, 0) is 32.9 Å². The summed E-state index contributed by atoms with van der Waals surface area (Å²) in [7, 11) is 2.21. The maximum Gasteiger partial charge on any atom is 0.0209 e. The van der Waals surface area contributed by atoms with Crippen LogP contribution in [0.4, 0.5) is 0 Å². The fraction of sp³-hybridized carbons (Fsp3) is 1.00. The molecule has 1 aliphatic rings. The van der Waals surface area contributed by atoms with Crippen LogP contribution in [-0.2, 0) is 0 Å². The summed E-state index contributed by atoms with van der Waals surface area (Å²) in [5.74, 6) is 0. The molecule has 1 saturated heterocycles. The molecule has 0 amide bonds. The van der Waals surface area contributed by atoms with Crippen LogP contribution in [0.2, 0.25) is 0 Å². The highest BCUT2D eigenvalue weighted by molar-refractivity contribution is 4.81. The largest absolute Gasteiger partial charge is 0.310 e. The second kappa shape index (κ2) is 5.61. The van der Waals surface area contributed by atoms with Crippen LogP contribution in [-0.4, -0.2) is 37.1 Å². The van der Waals surface area contributed by atoms with Crippen LogP contribution in [0.1, 0.15) is 39.5 Å². The lowest BCUT2D eigenvalue weighted by Gasteiger charge is -2.21. The van der Waals surface area contributed by atoms with Gasteiger partial charge in [0.05, 0.1) is 0 Å². The zero-order chi connectivity index (χ0) is 9.68. The lowest BCUT2D eigenvalue weighted by Crippen LogP contribution is -2.39. The number of hydrogen-bond acceptors (Lipinski definition) is 2. The second-order valence-electron chi connectivity index (χ2n) is 4.31. The Morgan fingerprint density at radius 1 is 1.46 bits per heavy atom. The summed E-state index contributed by atoms with van der Waals surface area (Å²) >= 11 is 0. The van der Waals surface area contributed by atoms with Gasteiger partial charge in [0.25, 0.3) is 0 Å². The number of hydrogen-bond donors (Lipinski definition) is 1. The first-order chi connectivity index (χ1) is 6.26. The Labute approximate surface area is 82.7 Å². The highest BCUT2D eigenvalue weighted by atomic mass is 15.2. The molecule has 2 nitrogen and oxygen atoms in total. The van der Waals surface area contributed by atoms with E-state index >= 15 is 0 Å². The van der Waals surface area contributed by atoms with Gasteiger partial charge in [-0.3, -0.25) is 0 Å². The van der Waals surface area contributed by atoms with Gasteiger partial charge in [-0.25, -0.2) is 0 Å². The van der Waals surface area contributed by atoms with E-state index in [9.17, 15) is 0 Å². The van der Waals surface area contributed by atoms with E-state index in [1.165, 1.54) is 38.8 Å². The fourth-order valence-electron chi connectivity index (χ4n) is 2.16. The molecular weight excluding hydrogens is 160 g/mol. The van der Waals surface area contributed by atoms with Crippen molar-refractivity contribution in [2.45, 2.75) is 51.6 Å². The van der Waals surface area contributed by atoms with E-state index in [2.05, 4.69) is 31.1 Å². The zero-order valence-electron chi connectivity index (χ0n) is 9.34. The summed E-state index contributed by atoms with van der Waals surface area (Å²) in [6.45, 7) is 7.05. The number of likely N-dealkylation sites (N-methyl/N-ethyl adjacent to an activating group) is 1. The monoisotopic (exact) mass is 184 g/mol. The third-order valence-electron chi connectivity index (χ3n) is 2.99. The number of rotatable bonds is 5. The third kappa shape index (κ3) is 3.65. The molecule has 1 fully saturated rings. The predicted octanol–water partition coefficient (Wildman–Crippen LogP) is 1.86. The summed E-state index contributed by atoms with van der Waals surface area (Å²) in [4.78, 5) is 2.41. The van der Waals surface area contributed by atoms with Gasteiger partial charge in [0.1, 0.15) is 0 Å². The number of nitrogens with zero attached hydrogens (tertiary/aromatic N) is 1. The van der Waals surface area contributed by atoms with Crippen molar-refractivity contribution in [3.8, 4) is 0 Å². The van der Waals surface area contributed by atoms with Crippen LogP contribution in [0.15, 0.2) is 0 Å². The fourth-order valence-corrected chi connectivity index (χ4v) is 2.16. The highest BCUT2D eigenvalue weighted by Gasteiger charge is 2.20. The minimum Gasteiger partial charge on any atom is -0.310 e. The quantitative estimate of drug-likeness (QED) is 0.701. The molecule has 2 atom stereocenters. The summed E-state index contributed by atoms with van der Waals surface area (Å²) in [5.41, 5.74) is 0. The summed E-state index contributed by atoms with van der Waals surface area (Å²) in [5, 5.41) is 3.76. The van der Waals surface area contributed by atoms with Gasteiger partial charge in [-0.1, -0.05) is 20.3 Å². The summed E-state index contributed by atoms with van der Waals surface area (Å²) in [6.07, 6.45) is 5.23. The molecule has 2 heteroatoms. The summed E-state index contributed by atoms with van der Waals surface area (Å²) < 4.78 is 0. The van der Waals surface area contributed by atoms with Gasteiger partial charge in [0.15, 0.2) is 0 Å². The Balaban J connectivity index is 2.21. The Kier molecular flexibility index (Phi) is 4.74. The first-order valence-corrected chi connectivity index (χ1v) is 5.70. The van der Waals surface area contributed by atoms with Gasteiger partial charge in [-0.2, -0.15) is 0 Å². The van der Waals surface area contributed by atoms with Crippen molar-refractivity contribution in [1.82, 2.24) is 10.2 Å². The van der Waals surface area contributed by atoms with E-state index in [1.807, 2.05) is 0 Å². The zero-order valence-corrected chi connectivity index (χ0v) is 9.34. The van der Waals surface area contributed by atoms with Crippen LogP contribution in [0.5, 0.6) is 0 Å². The van der Waals surface area contributed by atoms with Gasteiger partial charge in [0, 0.05) is 18.6 Å². The van der Waals surface area contributed by atoms with E-state index in [1.54, 1.807) is 0 Å². The molecule has 0 aromatic carbocycles. The van der Waals surface area contributed by atoms with Crippen LogP contribution in [0, 0.1) is 0 Å². The predicted molar refractivity (Wildman–Crippen MR) is 58.0 cm³/mol. The Morgan fingerprint density at radius 2 is 2.23 bits per heavy atom. The molecule has 0 aromatic heterocycles. The van der Waals surface area contributed by atoms with Crippen LogP contribution in [0.25, 0.3) is 0 Å².